The lowest BCUT2D eigenvalue weighted by Crippen LogP contribution is -2.19. The number of hydrogen-bond donors (Lipinski definition) is 1. The molecule has 1 unspecified atom stereocenters. The molecule has 0 amide bonds. The van der Waals surface area contributed by atoms with Crippen LogP contribution < -0.4 is 15.2 Å². The van der Waals surface area contributed by atoms with E-state index in [9.17, 15) is 0 Å². The summed E-state index contributed by atoms with van der Waals surface area (Å²) in [6, 6.07) is 11.8. The van der Waals surface area contributed by atoms with Gasteiger partial charge in [0.1, 0.15) is 18.1 Å². The molecule has 4 nitrogen and oxygen atoms in total. The van der Waals surface area contributed by atoms with Crippen LogP contribution in [-0.2, 0) is 13.0 Å². The topological polar surface area (TPSA) is 57.4 Å². The Balaban J connectivity index is 2.16. The summed E-state index contributed by atoms with van der Waals surface area (Å²) in [6.45, 7) is 4.38. The minimum absolute atomic E-state index is 0.0490. The Morgan fingerprint density at radius 3 is 2.62 bits per heavy atom. The van der Waals surface area contributed by atoms with Gasteiger partial charge in [-0.2, -0.15) is 0 Å². The molecule has 4 heteroatoms. The van der Waals surface area contributed by atoms with Gasteiger partial charge in [0.15, 0.2) is 0 Å². The molecule has 1 aromatic heterocycles. The van der Waals surface area contributed by atoms with Crippen molar-refractivity contribution in [2.75, 3.05) is 7.11 Å². The molecule has 1 atom stereocenters. The van der Waals surface area contributed by atoms with E-state index in [1.54, 1.807) is 7.11 Å². The molecule has 0 fully saturated rings. The molecule has 0 bridgehead atoms. The second kappa shape index (κ2) is 7.09. The van der Waals surface area contributed by atoms with Crippen molar-refractivity contribution in [1.82, 2.24) is 4.98 Å². The van der Waals surface area contributed by atoms with Gasteiger partial charge < -0.3 is 15.2 Å². The molecule has 0 radical (unpaired) electrons. The number of aryl methyl sites for hydroxylation is 1. The van der Waals surface area contributed by atoms with Crippen molar-refractivity contribution in [2.24, 2.45) is 5.73 Å². The van der Waals surface area contributed by atoms with Crippen molar-refractivity contribution in [1.29, 1.82) is 0 Å². The van der Waals surface area contributed by atoms with Gasteiger partial charge in [-0.3, -0.25) is 4.98 Å². The Kier molecular flexibility index (Phi) is 5.17. The fraction of sp³-hybridized carbons (Fsp3) is 0.353. The van der Waals surface area contributed by atoms with Crippen LogP contribution in [0, 0.1) is 6.92 Å². The summed E-state index contributed by atoms with van der Waals surface area (Å²) in [5.74, 6) is 1.61. The molecule has 0 saturated heterocycles. The summed E-state index contributed by atoms with van der Waals surface area (Å²) in [5, 5.41) is 0. The molecule has 2 aromatic rings. The van der Waals surface area contributed by atoms with Gasteiger partial charge in [0.25, 0.3) is 0 Å². The van der Waals surface area contributed by atoms with Crippen LogP contribution in [0.4, 0.5) is 0 Å². The molecule has 1 heterocycles. The average molecular weight is 286 g/mol. The van der Waals surface area contributed by atoms with Gasteiger partial charge in [-0.25, -0.2) is 0 Å². The smallest absolute Gasteiger partial charge is 0.141 e. The summed E-state index contributed by atoms with van der Waals surface area (Å²) < 4.78 is 11.3. The minimum Gasteiger partial charge on any atom is -0.496 e. The van der Waals surface area contributed by atoms with Crippen molar-refractivity contribution in [3.8, 4) is 11.5 Å². The third-order valence-electron chi connectivity index (χ3n) is 3.16. The zero-order valence-electron chi connectivity index (χ0n) is 12.8. The molecule has 1 aromatic carbocycles. The van der Waals surface area contributed by atoms with E-state index >= 15 is 0 Å². The Bertz CT molecular complexity index is 597. The number of pyridine rings is 1. The zero-order chi connectivity index (χ0) is 15.2. The summed E-state index contributed by atoms with van der Waals surface area (Å²) in [7, 11) is 1.66. The van der Waals surface area contributed by atoms with Crippen molar-refractivity contribution in [3.63, 3.8) is 0 Å². The minimum atomic E-state index is 0.0490. The van der Waals surface area contributed by atoms with E-state index in [0.29, 0.717) is 13.0 Å². The van der Waals surface area contributed by atoms with Crippen LogP contribution >= 0.6 is 0 Å². The molecule has 0 spiro atoms. The number of nitrogens with two attached hydrogens (primary N) is 1. The number of nitrogens with zero attached hydrogens (tertiary/aromatic N) is 1. The lowest BCUT2D eigenvalue weighted by molar-refractivity contribution is 0.291. The maximum atomic E-state index is 5.92. The van der Waals surface area contributed by atoms with E-state index < -0.39 is 0 Å². The maximum absolute atomic E-state index is 5.92. The number of aromatic nitrogens is 1. The molecule has 0 aliphatic heterocycles. The van der Waals surface area contributed by atoms with E-state index in [4.69, 9.17) is 15.2 Å². The fourth-order valence-electron chi connectivity index (χ4n) is 2.16. The Labute approximate surface area is 125 Å². The first-order valence-corrected chi connectivity index (χ1v) is 7.07. The summed E-state index contributed by atoms with van der Waals surface area (Å²) in [5.41, 5.74) is 8.76. The van der Waals surface area contributed by atoms with Crippen LogP contribution in [-0.4, -0.2) is 18.1 Å². The lowest BCUT2D eigenvalue weighted by Gasteiger charge is -2.14. The first-order chi connectivity index (χ1) is 10.1. The highest BCUT2D eigenvalue weighted by atomic mass is 16.5. The van der Waals surface area contributed by atoms with Gasteiger partial charge in [0, 0.05) is 23.7 Å². The van der Waals surface area contributed by atoms with Crippen molar-refractivity contribution >= 4 is 0 Å². The molecule has 0 aliphatic carbocycles. The highest BCUT2D eigenvalue weighted by molar-refractivity contribution is 5.34. The molecular formula is C17H22N2O2. The number of para-hydroxylation sites is 1. The Morgan fingerprint density at radius 1 is 1.14 bits per heavy atom. The number of hydrogen-bond acceptors (Lipinski definition) is 4. The quantitative estimate of drug-likeness (QED) is 0.887. The number of ether oxygens (including phenoxy) is 2. The normalized spacial score (nSPS) is 12.0. The van der Waals surface area contributed by atoms with Crippen LogP contribution in [0.3, 0.4) is 0 Å². The van der Waals surface area contributed by atoms with E-state index in [2.05, 4.69) is 4.98 Å². The number of benzene rings is 1. The second-order valence-corrected chi connectivity index (χ2v) is 5.18. The largest absolute Gasteiger partial charge is 0.496 e. The highest BCUT2D eigenvalue weighted by Crippen LogP contribution is 2.23. The monoisotopic (exact) mass is 286 g/mol. The van der Waals surface area contributed by atoms with Crippen LogP contribution in [0.15, 0.2) is 36.4 Å². The van der Waals surface area contributed by atoms with Crippen molar-refractivity contribution < 1.29 is 9.47 Å². The molecule has 2 N–H and O–H groups in total. The van der Waals surface area contributed by atoms with E-state index in [-0.39, 0.29) is 6.04 Å². The van der Waals surface area contributed by atoms with Gasteiger partial charge in [0.05, 0.1) is 12.8 Å². The zero-order valence-corrected chi connectivity index (χ0v) is 12.8. The summed E-state index contributed by atoms with van der Waals surface area (Å²) in [4.78, 5) is 4.53. The van der Waals surface area contributed by atoms with Gasteiger partial charge >= 0.3 is 0 Å². The first-order valence-electron chi connectivity index (χ1n) is 7.07. The molecule has 0 saturated carbocycles. The van der Waals surface area contributed by atoms with Gasteiger partial charge in [-0.1, -0.05) is 18.2 Å². The fourth-order valence-corrected chi connectivity index (χ4v) is 2.16. The standard InChI is InChI=1S/C17H22N2O2/c1-12(18)10-15-17(9-8-13(2)19-15)21-11-14-6-4-5-7-16(14)20-3/h4-9,12H,10-11,18H2,1-3H3. The van der Waals surface area contributed by atoms with Crippen LogP contribution in [0.2, 0.25) is 0 Å². The Hall–Kier alpha value is -2.07. The SMILES string of the molecule is COc1ccccc1COc1ccc(C)nc1CC(C)N. The summed E-state index contributed by atoms with van der Waals surface area (Å²) in [6.07, 6.45) is 0.697. The van der Waals surface area contributed by atoms with E-state index in [1.165, 1.54) is 0 Å². The molecule has 21 heavy (non-hydrogen) atoms. The average Bonchev–Trinajstić information content (AvgIpc) is 2.46. The van der Waals surface area contributed by atoms with Crippen molar-refractivity contribution in [3.05, 3.63) is 53.3 Å². The molecule has 112 valence electrons. The van der Waals surface area contributed by atoms with Crippen LogP contribution in [0.25, 0.3) is 0 Å². The van der Waals surface area contributed by atoms with Crippen LogP contribution in [0.1, 0.15) is 23.9 Å². The second-order valence-electron chi connectivity index (χ2n) is 5.18. The predicted octanol–water partition coefficient (Wildman–Crippen LogP) is 2.87. The highest BCUT2D eigenvalue weighted by Gasteiger charge is 2.10. The third kappa shape index (κ3) is 4.20. The maximum Gasteiger partial charge on any atom is 0.141 e. The summed E-state index contributed by atoms with van der Waals surface area (Å²) >= 11 is 0. The Morgan fingerprint density at radius 2 is 1.90 bits per heavy atom. The lowest BCUT2D eigenvalue weighted by atomic mass is 10.1. The predicted molar refractivity (Wildman–Crippen MR) is 83.7 cm³/mol. The first kappa shape index (κ1) is 15.3. The third-order valence-corrected chi connectivity index (χ3v) is 3.16. The van der Waals surface area contributed by atoms with Crippen molar-refractivity contribution in [2.45, 2.75) is 32.9 Å². The van der Waals surface area contributed by atoms with Gasteiger partial charge in [0.2, 0.25) is 0 Å². The molecular weight excluding hydrogens is 264 g/mol. The van der Waals surface area contributed by atoms with Gasteiger partial charge in [-0.05, 0) is 32.0 Å². The number of methoxy groups -OCH3 is 1. The number of rotatable bonds is 6. The van der Waals surface area contributed by atoms with Gasteiger partial charge in [-0.15, -0.1) is 0 Å². The van der Waals surface area contributed by atoms with E-state index in [0.717, 1.165) is 28.5 Å². The molecule has 2 rings (SSSR count). The van der Waals surface area contributed by atoms with E-state index in [1.807, 2.05) is 50.2 Å². The molecule has 0 aliphatic rings. The van der Waals surface area contributed by atoms with Crippen LogP contribution in [0.5, 0.6) is 11.5 Å².